The molecule has 0 saturated carbocycles. The molecular formula is C11H12IN3S. The summed E-state index contributed by atoms with van der Waals surface area (Å²) < 4.78 is 3.06. The number of benzene rings is 1. The molecule has 0 amide bonds. The number of halogens is 1. The van der Waals surface area contributed by atoms with Gasteiger partial charge in [-0.15, -0.1) is 0 Å². The standard InChI is InChI=1S/C11H12IN3S/c1-7-5-11(15(2)14-7)16-10-4-3-8(13)6-9(10)12/h3-6H,13H2,1-2H3. The van der Waals surface area contributed by atoms with E-state index in [1.807, 2.05) is 36.9 Å². The van der Waals surface area contributed by atoms with Gasteiger partial charge in [0.15, 0.2) is 0 Å². The van der Waals surface area contributed by atoms with E-state index in [1.165, 1.54) is 8.47 Å². The fourth-order valence-corrected chi connectivity index (χ4v) is 3.18. The van der Waals surface area contributed by atoms with Gasteiger partial charge in [0, 0.05) is 21.2 Å². The van der Waals surface area contributed by atoms with Crippen LogP contribution in [0.4, 0.5) is 5.69 Å². The third-order valence-electron chi connectivity index (χ3n) is 2.13. The molecule has 2 N–H and O–H groups in total. The van der Waals surface area contributed by atoms with Gasteiger partial charge in [-0.2, -0.15) is 5.10 Å². The Balaban J connectivity index is 2.30. The lowest BCUT2D eigenvalue weighted by Gasteiger charge is -2.05. The first-order valence-electron chi connectivity index (χ1n) is 4.80. The highest BCUT2D eigenvalue weighted by Crippen LogP contribution is 2.32. The van der Waals surface area contributed by atoms with Gasteiger partial charge in [0.05, 0.1) is 10.7 Å². The second kappa shape index (κ2) is 4.67. The molecular weight excluding hydrogens is 333 g/mol. The molecule has 0 aliphatic rings. The smallest absolute Gasteiger partial charge is 0.0987 e. The highest BCUT2D eigenvalue weighted by molar-refractivity contribution is 14.1. The maximum Gasteiger partial charge on any atom is 0.0987 e. The molecule has 0 fully saturated rings. The average Bonchev–Trinajstić information content (AvgIpc) is 2.50. The van der Waals surface area contributed by atoms with Gasteiger partial charge in [-0.3, -0.25) is 4.68 Å². The van der Waals surface area contributed by atoms with Gasteiger partial charge < -0.3 is 5.73 Å². The summed E-state index contributed by atoms with van der Waals surface area (Å²) >= 11 is 4.01. The van der Waals surface area contributed by atoms with Crippen LogP contribution in [-0.4, -0.2) is 9.78 Å². The van der Waals surface area contributed by atoms with Gasteiger partial charge in [0.1, 0.15) is 0 Å². The van der Waals surface area contributed by atoms with Crippen molar-refractivity contribution in [1.82, 2.24) is 9.78 Å². The van der Waals surface area contributed by atoms with E-state index >= 15 is 0 Å². The topological polar surface area (TPSA) is 43.8 Å². The third-order valence-corrected chi connectivity index (χ3v) is 4.56. The fourth-order valence-electron chi connectivity index (χ4n) is 1.39. The van der Waals surface area contributed by atoms with Crippen molar-refractivity contribution in [2.45, 2.75) is 16.8 Å². The Labute approximate surface area is 113 Å². The Morgan fingerprint density at radius 3 is 2.69 bits per heavy atom. The van der Waals surface area contributed by atoms with Crippen molar-refractivity contribution in [3.63, 3.8) is 0 Å². The summed E-state index contributed by atoms with van der Waals surface area (Å²) in [7, 11) is 1.96. The minimum Gasteiger partial charge on any atom is -0.399 e. The summed E-state index contributed by atoms with van der Waals surface area (Å²) in [6, 6.07) is 8.03. The number of nitrogens with zero attached hydrogens (tertiary/aromatic N) is 2. The van der Waals surface area contributed by atoms with Crippen molar-refractivity contribution in [2.24, 2.45) is 7.05 Å². The molecule has 2 rings (SSSR count). The van der Waals surface area contributed by atoms with E-state index in [4.69, 9.17) is 5.73 Å². The van der Waals surface area contributed by atoms with E-state index in [2.05, 4.69) is 33.8 Å². The number of rotatable bonds is 2. The molecule has 0 atom stereocenters. The van der Waals surface area contributed by atoms with Crippen LogP contribution in [0.3, 0.4) is 0 Å². The molecule has 0 spiro atoms. The molecule has 0 unspecified atom stereocenters. The molecule has 0 bridgehead atoms. The van der Waals surface area contributed by atoms with E-state index in [1.54, 1.807) is 11.8 Å². The summed E-state index contributed by atoms with van der Waals surface area (Å²) in [5, 5.41) is 5.46. The number of nitrogens with two attached hydrogens (primary N) is 1. The average molecular weight is 345 g/mol. The highest BCUT2D eigenvalue weighted by Gasteiger charge is 2.07. The number of anilines is 1. The van der Waals surface area contributed by atoms with Crippen LogP contribution in [0.25, 0.3) is 0 Å². The van der Waals surface area contributed by atoms with E-state index < -0.39 is 0 Å². The van der Waals surface area contributed by atoms with Gasteiger partial charge in [0.25, 0.3) is 0 Å². The lowest BCUT2D eigenvalue weighted by Crippen LogP contribution is -1.93. The second-order valence-corrected chi connectivity index (χ2v) is 5.76. The molecule has 16 heavy (non-hydrogen) atoms. The maximum absolute atomic E-state index is 5.72. The Morgan fingerprint density at radius 2 is 2.12 bits per heavy atom. The molecule has 1 aromatic carbocycles. The predicted molar refractivity (Wildman–Crippen MR) is 75.6 cm³/mol. The summed E-state index contributed by atoms with van der Waals surface area (Å²) in [5.74, 6) is 0. The maximum atomic E-state index is 5.72. The molecule has 1 aromatic heterocycles. The molecule has 0 radical (unpaired) electrons. The number of hydrogen-bond donors (Lipinski definition) is 1. The molecule has 2 aromatic rings. The van der Waals surface area contributed by atoms with Crippen LogP contribution in [0, 0.1) is 10.5 Å². The van der Waals surface area contributed by atoms with Crippen molar-refractivity contribution in [2.75, 3.05) is 5.73 Å². The summed E-state index contributed by atoms with van der Waals surface area (Å²) in [6.45, 7) is 2.00. The Bertz CT molecular complexity index is 522. The van der Waals surface area contributed by atoms with Crippen molar-refractivity contribution >= 4 is 40.0 Å². The van der Waals surface area contributed by atoms with Crippen molar-refractivity contribution < 1.29 is 0 Å². The zero-order chi connectivity index (χ0) is 11.7. The summed E-state index contributed by atoms with van der Waals surface area (Å²) in [4.78, 5) is 1.21. The van der Waals surface area contributed by atoms with Gasteiger partial charge >= 0.3 is 0 Å². The predicted octanol–water partition coefficient (Wildman–Crippen LogP) is 3.07. The van der Waals surface area contributed by atoms with Crippen LogP contribution in [0.1, 0.15) is 5.69 Å². The Morgan fingerprint density at radius 1 is 1.38 bits per heavy atom. The minimum absolute atomic E-state index is 0.801. The molecule has 0 saturated heterocycles. The van der Waals surface area contributed by atoms with Gasteiger partial charge in [0.2, 0.25) is 0 Å². The van der Waals surface area contributed by atoms with Crippen molar-refractivity contribution in [3.05, 3.63) is 33.5 Å². The van der Waals surface area contributed by atoms with E-state index in [-0.39, 0.29) is 0 Å². The number of nitrogen functional groups attached to an aromatic ring is 1. The fraction of sp³-hybridized carbons (Fsp3) is 0.182. The minimum atomic E-state index is 0.801. The largest absolute Gasteiger partial charge is 0.399 e. The molecule has 0 aliphatic carbocycles. The molecule has 5 heteroatoms. The lowest BCUT2D eigenvalue weighted by atomic mass is 10.3. The first-order chi connectivity index (χ1) is 7.56. The monoisotopic (exact) mass is 345 g/mol. The first-order valence-corrected chi connectivity index (χ1v) is 6.69. The molecule has 1 heterocycles. The van der Waals surface area contributed by atoms with Gasteiger partial charge in [-0.05, 0) is 53.8 Å². The van der Waals surface area contributed by atoms with Crippen LogP contribution in [0.2, 0.25) is 0 Å². The normalized spacial score (nSPS) is 10.7. The van der Waals surface area contributed by atoms with E-state index in [9.17, 15) is 0 Å². The van der Waals surface area contributed by atoms with E-state index in [0.29, 0.717) is 0 Å². The molecule has 0 aliphatic heterocycles. The molecule has 3 nitrogen and oxygen atoms in total. The van der Waals surface area contributed by atoms with Crippen LogP contribution >= 0.6 is 34.4 Å². The third kappa shape index (κ3) is 2.52. The number of aryl methyl sites for hydroxylation is 2. The summed E-state index contributed by atoms with van der Waals surface area (Å²) in [5.41, 5.74) is 7.56. The quantitative estimate of drug-likeness (QED) is 0.672. The SMILES string of the molecule is Cc1cc(Sc2ccc(N)cc2I)n(C)n1. The lowest BCUT2D eigenvalue weighted by molar-refractivity contribution is 0.692. The zero-order valence-corrected chi connectivity index (χ0v) is 12.0. The van der Waals surface area contributed by atoms with Gasteiger partial charge in [-0.25, -0.2) is 0 Å². The Hall–Kier alpha value is -0.690. The second-order valence-electron chi connectivity index (χ2n) is 3.54. The van der Waals surface area contributed by atoms with E-state index in [0.717, 1.165) is 16.4 Å². The zero-order valence-electron chi connectivity index (χ0n) is 9.07. The molecule has 84 valence electrons. The van der Waals surface area contributed by atoms with Crippen LogP contribution < -0.4 is 5.73 Å². The summed E-state index contributed by atoms with van der Waals surface area (Å²) in [6.07, 6.45) is 0. The number of hydrogen-bond acceptors (Lipinski definition) is 3. The van der Waals surface area contributed by atoms with Crippen molar-refractivity contribution in [1.29, 1.82) is 0 Å². The number of aromatic nitrogens is 2. The van der Waals surface area contributed by atoms with Crippen LogP contribution in [-0.2, 0) is 7.05 Å². The van der Waals surface area contributed by atoms with Crippen molar-refractivity contribution in [3.8, 4) is 0 Å². The van der Waals surface area contributed by atoms with Crippen LogP contribution in [0.15, 0.2) is 34.2 Å². The van der Waals surface area contributed by atoms with Crippen LogP contribution in [0.5, 0.6) is 0 Å². The Kier molecular flexibility index (Phi) is 3.44. The highest BCUT2D eigenvalue weighted by atomic mass is 127. The van der Waals surface area contributed by atoms with Gasteiger partial charge in [-0.1, -0.05) is 11.8 Å². The first kappa shape index (κ1) is 11.8.